The second kappa shape index (κ2) is 7.07. The van der Waals surface area contributed by atoms with Crippen LogP contribution >= 0.6 is 0 Å². The zero-order valence-electron chi connectivity index (χ0n) is 13.1. The van der Waals surface area contributed by atoms with Crippen LogP contribution in [-0.4, -0.2) is 8.42 Å². The normalized spacial score (nSPS) is 10.7. The minimum Gasteiger partial charge on any atom is -0.457 e. The molecular weight excluding hydrogens is 336 g/mol. The number of nitrogens with one attached hydrogen (secondary N) is 1. The van der Waals surface area contributed by atoms with Gasteiger partial charge in [-0.2, -0.15) is 5.26 Å². The topological polar surface area (TPSA) is 79.2 Å². The monoisotopic (exact) mass is 350 g/mol. The third kappa shape index (κ3) is 4.16. The molecule has 0 aliphatic rings. The van der Waals surface area contributed by atoms with E-state index in [4.69, 9.17) is 10.00 Å². The van der Waals surface area contributed by atoms with Gasteiger partial charge >= 0.3 is 0 Å². The van der Waals surface area contributed by atoms with Crippen LogP contribution in [-0.2, 0) is 10.0 Å². The highest BCUT2D eigenvalue weighted by Crippen LogP contribution is 2.25. The first kappa shape index (κ1) is 16.6. The number of rotatable bonds is 5. The van der Waals surface area contributed by atoms with Crippen molar-refractivity contribution in [1.82, 2.24) is 0 Å². The summed E-state index contributed by atoms with van der Waals surface area (Å²) >= 11 is 0. The maximum atomic E-state index is 12.4. The Morgan fingerprint density at radius 1 is 0.840 bits per heavy atom. The maximum absolute atomic E-state index is 12.4. The molecular formula is C19H14N2O3S. The first-order valence-electron chi connectivity index (χ1n) is 7.43. The van der Waals surface area contributed by atoms with Crippen molar-refractivity contribution in [2.24, 2.45) is 0 Å². The van der Waals surface area contributed by atoms with E-state index in [1.54, 1.807) is 66.7 Å². The van der Waals surface area contributed by atoms with Crippen LogP contribution in [0.3, 0.4) is 0 Å². The molecule has 0 unspecified atom stereocenters. The van der Waals surface area contributed by atoms with Crippen molar-refractivity contribution in [2.75, 3.05) is 4.72 Å². The summed E-state index contributed by atoms with van der Waals surface area (Å²) in [6.07, 6.45) is 0. The Kier molecular flexibility index (Phi) is 4.68. The number of ether oxygens (including phenoxy) is 1. The number of anilines is 1. The standard InChI is InChI=1S/C19H14N2O3S/c20-14-15-9-11-17(12-10-15)24-18-6-4-5-16(13-18)21-25(22,23)19-7-2-1-3-8-19/h1-13,21H. The molecule has 6 heteroatoms. The molecule has 0 heterocycles. The Morgan fingerprint density at radius 3 is 2.24 bits per heavy atom. The van der Waals surface area contributed by atoms with Crippen molar-refractivity contribution in [2.45, 2.75) is 4.90 Å². The molecule has 0 aliphatic carbocycles. The van der Waals surface area contributed by atoms with Crippen LogP contribution in [0.1, 0.15) is 5.56 Å². The fraction of sp³-hybridized carbons (Fsp3) is 0. The summed E-state index contributed by atoms with van der Waals surface area (Å²) in [5.74, 6) is 1.04. The minimum atomic E-state index is -3.65. The zero-order chi connectivity index (χ0) is 17.7. The molecule has 0 aromatic heterocycles. The predicted octanol–water partition coefficient (Wildman–Crippen LogP) is 4.15. The van der Waals surface area contributed by atoms with Crippen molar-refractivity contribution < 1.29 is 13.2 Å². The fourth-order valence-corrected chi connectivity index (χ4v) is 3.24. The lowest BCUT2D eigenvalue weighted by Gasteiger charge is -2.10. The molecule has 0 amide bonds. The summed E-state index contributed by atoms with van der Waals surface area (Å²) in [5, 5.41) is 8.80. The number of sulfonamides is 1. The summed E-state index contributed by atoms with van der Waals surface area (Å²) in [6, 6.07) is 23.5. The lowest BCUT2D eigenvalue weighted by Crippen LogP contribution is -2.12. The van der Waals surface area contributed by atoms with E-state index in [-0.39, 0.29) is 4.90 Å². The summed E-state index contributed by atoms with van der Waals surface area (Å²) in [4.78, 5) is 0.188. The highest BCUT2D eigenvalue weighted by Gasteiger charge is 2.13. The highest BCUT2D eigenvalue weighted by molar-refractivity contribution is 7.92. The van der Waals surface area contributed by atoms with Crippen LogP contribution in [0.25, 0.3) is 0 Å². The molecule has 3 aromatic rings. The number of hydrogen-bond acceptors (Lipinski definition) is 4. The van der Waals surface area contributed by atoms with Gasteiger partial charge in [-0.05, 0) is 48.5 Å². The summed E-state index contributed by atoms with van der Waals surface area (Å²) in [5.41, 5.74) is 0.937. The van der Waals surface area contributed by atoms with Crippen LogP contribution in [0.15, 0.2) is 83.8 Å². The van der Waals surface area contributed by atoms with Crippen molar-refractivity contribution in [3.8, 4) is 17.6 Å². The number of nitriles is 1. The quantitative estimate of drug-likeness (QED) is 0.749. The molecule has 0 aliphatic heterocycles. The molecule has 1 N–H and O–H groups in total. The molecule has 5 nitrogen and oxygen atoms in total. The molecule has 0 atom stereocenters. The van der Waals surface area contributed by atoms with Gasteiger partial charge in [0.15, 0.2) is 0 Å². The van der Waals surface area contributed by atoms with Gasteiger partial charge < -0.3 is 4.74 Å². The third-order valence-electron chi connectivity index (χ3n) is 3.36. The first-order chi connectivity index (χ1) is 12.1. The number of benzene rings is 3. The SMILES string of the molecule is N#Cc1ccc(Oc2cccc(NS(=O)(=O)c3ccccc3)c2)cc1. The van der Waals surface area contributed by atoms with Crippen molar-refractivity contribution in [1.29, 1.82) is 5.26 Å². The van der Waals surface area contributed by atoms with E-state index in [0.29, 0.717) is 22.7 Å². The molecule has 124 valence electrons. The molecule has 3 rings (SSSR count). The van der Waals surface area contributed by atoms with Gasteiger partial charge in [-0.15, -0.1) is 0 Å². The molecule has 0 spiro atoms. The summed E-state index contributed by atoms with van der Waals surface area (Å²) in [6.45, 7) is 0. The van der Waals surface area contributed by atoms with Crippen LogP contribution in [0.2, 0.25) is 0 Å². The van der Waals surface area contributed by atoms with Crippen molar-refractivity contribution in [3.05, 3.63) is 84.4 Å². The van der Waals surface area contributed by atoms with Gasteiger partial charge in [0.1, 0.15) is 11.5 Å². The van der Waals surface area contributed by atoms with E-state index < -0.39 is 10.0 Å². The fourth-order valence-electron chi connectivity index (χ4n) is 2.17. The van der Waals surface area contributed by atoms with Gasteiger partial charge in [0.2, 0.25) is 0 Å². The van der Waals surface area contributed by atoms with E-state index in [1.807, 2.05) is 6.07 Å². The van der Waals surface area contributed by atoms with Gasteiger partial charge in [-0.25, -0.2) is 8.42 Å². The lowest BCUT2D eigenvalue weighted by molar-refractivity contribution is 0.483. The lowest BCUT2D eigenvalue weighted by atomic mass is 10.2. The van der Waals surface area contributed by atoms with E-state index in [9.17, 15) is 8.42 Å². The van der Waals surface area contributed by atoms with Gasteiger partial charge in [0.05, 0.1) is 22.2 Å². The van der Waals surface area contributed by atoms with Crippen LogP contribution in [0.4, 0.5) is 5.69 Å². The Morgan fingerprint density at radius 2 is 1.56 bits per heavy atom. The molecule has 3 aromatic carbocycles. The van der Waals surface area contributed by atoms with Gasteiger partial charge in [0, 0.05) is 6.07 Å². The Balaban J connectivity index is 1.78. The van der Waals surface area contributed by atoms with Crippen LogP contribution in [0.5, 0.6) is 11.5 Å². The smallest absolute Gasteiger partial charge is 0.261 e. The summed E-state index contributed by atoms with van der Waals surface area (Å²) in [7, 11) is -3.65. The Labute approximate surface area is 146 Å². The zero-order valence-corrected chi connectivity index (χ0v) is 13.9. The number of hydrogen-bond donors (Lipinski definition) is 1. The molecule has 0 bridgehead atoms. The second-order valence-electron chi connectivity index (χ2n) is 5.18. The highest BCUT2D eigenvalue weighted by atomic mass is 32.2. The molecule has 25 heavy (non-hydrogen) atoms. The minimum absolute atomic E-state index is 0.188. The third-order valence-corrected chi connectivity index (χ3v) is 4.76. The average Bonchev–Trinajstić information content (AvgIpc) is 2.63. The van der Waals surface area contributed by atoms with E-state index in [2.05, 4.69) is 4.72 Å². The van der Waals surface area contributed by atoms with E-state index in [0.717, 1.165) is 0 Å². The molecule has 0 saturated carbocycles. The first-order valence-corrected chi connectivity index (χ1v) is 8.91. The van der Waals surface area contributed by atoms with E-state index in [1.165, 1.54) is 12.1 Å². The Bertz CT molecular complexity index is 1010. The van der Waals surface area contributed by atoms with Crippen LogP contribution in [0, 0.1) is 11.3 Å². The molecule has 0 radical (unpaired) electrons. The van der Waals surface area contributed by atoms with Gasteiger partial charge in [-0.1, -0.05) is 24.3 Å². The molecule has 0 fully saturated rings. The number of nitrogens with zero attached hydrogens (tertiary/aromatic N) is 1. The average molecular weight is 350 g/mol. The van der Waals surface area contributed by atoms with Gasteiger partial charge in [-0.3, -0.25) is 4.72 Å². The summed E-state index contributed by atoms with van der Waals surface area (Å²) < 4.78 is 32.9. The maximum Gasteiger partial charge on any atom is 0.261 e. The van der Waals surface area contributed by atoms with Crippen LogP contribution < -0.4 is 9.46 Å². The predicted molar refractivity (Wildman–Crippen MR) is 94.9 cm³/mol. The largest absolute Gasteiger partial charge is 0.457 e. The van der Waals surface area contributed by atoms with Gasteiger partial charge in [0.25, 0.3) is 10.0 Å². The van der Waals surface area contributed by atoms with Crippen molar-refractivity contribution in [3.63, 3.8) is 0 Å². The van der Waals surface area contributed by atoms with Crippen molar-refractivity contribution >= 4 is 15.7 Å². The Hall–Kier alpha value is -3.30. The molecule has 0 saturated heterocycles. The van der Waals surface area contributed by atoms with E-state index >= 15 is 0 Å². The second-order valence-corrected chi connectivity index (χ2v) is 6.87.